The van der Waals surface area contributed by atoms with Gasteiger partial charge in [-0.2, -0.15) is 0 Å². The number of allylic oxidation sites excluding steroid dienone is 2. The zero-order valence-corrected chi connectivity index (χ0v) is 34.8. The average molecular weight is 735 g/mol. The minimum absolute atomic E-state index is 0.0683. The summed E-state index contributed by atoms with van der Waals surface area (Å²) >= 11 is 0. The first kappa shape index (κ1) is 50.1. The molecule has 0 saturated carbocycles. The van der Waals surface area contributed by atoms with Crippen LogP contribution in [0.4, 0.5) is 0 Å². The first-order valence-corrected chi connectivity index (χ1v) is 22.7. The van der Waals surface area contributed by atoms with E-state index in [9.17, 15) is 14.4 Å². The maximum absolute atomic E-state index is 12.7. The number of rotatable bonds is 41. The van der Waals surface area contributed by atoms with Gasteiger partial charge in [0.1, 0.15) is 13.2 Å². The summed E-state index contributed by atoms with van der Waals surface area (Å²) in [4.78, 5) is 37.6. The lowest BCUT2D eigenvalue weighted by atomic mass is 10.0. The molecule has 0 bridgehead atoms. The Morgan fingerprint density at radius 2 is 0.692 bits per heavy atom. The smallest absolute Gasteiger partial charge is 0.306 e. The number of unbranched alkanes of at least 4 members (excludes halogenated alkanes) is 28. The van der Waals surface area contributed by atoms with Crippen LogP contribution in [0, 0.1) is 0 Å². The van der Waals surface area contributed by atoms with Crippen molar-refractivity contribution in [1.82, 2.24) is 0 Å². The Balaban J connectivity index is 4.32. The number of ether oxygens (including phenoxy) is 3. The van der Waals surface area contributed by atoms with Gasteiger partial charge in [0.25, 0.3) is 0 Å². The van der Waals surface area contributed by atoms with Crippen molar-refractivity contribution in [3.8, 4) is 0 Å². The normalized spacial score (nSPS) is 12.0. The van der Waals surface area contributed by atoms with Gasteiger partial charge >= 0.3 is 17.9 Å². The number of esters is 3. The Labute approximate surface area is 322 Å². The average Bonchev–Trinajstić information content (AvgIpc) is 3.14. The minimum Gasteiger partial charge on any atom is -0.462 e. The van der Waals surface area contributed by atoms with Gasteiger partial charge in [0.2, 0.25) is 0 Å². The molecule has 0 aliphatic heterocycles. The van der Waals surface area contributed by atoms with Crippen molar-refractivity contribution >= 4 is 17.9 Å². The molecule has 0 fully saturated rings. The van der Waals surface area contributed by atoms with E-state index in [0.717, 1.165) is 70.6 Å². The van der Waals surface area contributed by atoms with Gasteiger partial charge in [0.15, 0.2) is 6.10 Å². The van der Waals surface area contributed by atoms with E-state index in [0.29, 0.717) is 19.3 Å². The Bertz CT molecular complexity index is 809. The van der Waals surface area contributed by atoms with Gasteiger partial charge in [-0.05, 0) is 38.5 Å². The molecule has 6 nitrogen and oxygen atoms in total. The van der Waals surface area contributed by atoms with Gasteiger partial charge in [0.05, 0.1) is 0 Å². The molecule has 0 heterocycles. The number of carbonyl (C=O) groups excluding carboxylic acids is 3. The molecule has 0 saturated heterocycles. The van der Waals surface area contributed by atoms with Crippen LogP contribution in [0.2, 0.25) is 0 Å². The van der Waals surface area contributed by atoms with Crippen LogP contribution in [0.5, 0.6) is 0 Å². The summed E-state index contributed by atoms with van der Waals surface area (Å²) in [6, 6.07) is 0. The van der Waals surface area contributed by atoms with E-state index in [1.54, 1.807) is 0 Å². The van der Waals surface area contributed by atoms with Crippen LogP contribution in [-0.2, 0) is 28.6 Å². The Kier molecular flexibility index (Phi) is 40.4. The molecule has 0 aliphatic rings. The summed E-state index contributed by atoms with van der Waals surface area (Å²) < 4.78 is 16.7. The van der Waals surface area contributed by atoms with Crippen molar-refractivity contribution in [2.45, 2.75) is 252 Å². The van der Waals surface area contributed by atoms with Crippen molar-refractivity contribution in [2.75, 3.05) is 13.2 Å². The van der Waals surface area contributed by atoms with Crippen molar-refractivity contribution in [1.29, 1.82) is 0 Å². The molecule has 0 spiro atoms. The molecule has 1 unspecified atom stereocenters. The van der Waals surface area contributed by atoms with Crippen LogP contribution in [0.15, 0.2) is 12.2 Å². The SMILES string of the molecule is CCC=CCCCCCCCC(=O)OCC(COC(=O)CCCCCCCCCCCCCC)OC(=O)CCCCCCCCCCCCCCC. The molecular formula is C46H86O6. The van der Waals surface area contributed by atoms with E-state index in [-0.39, 0.29) is 31.1 Å². The van der Waals surface area contributed by atoms with Gasteiger partial charge < -0.3 is 14.2 Å². The maximum Gasteiger partial charge on any atom is 0.306 e. The zero-order valence-electron chi connectivity index (χ0n) is 34.8. The largest absolute Gasteiger partial charge is 0.462 e. The van der Waals surface area contributed by atoms with Crippen molar-refractivity contribution in [3.05, 3.63) is 12.2 Å². The van der Waals surface area contributed by atoms with E-state index >= 15 is 0 Å². The van der Waals surface area contributed by atoms with Gasteiger partial charge in [-0.25, -0.2) is 0 Å². The molecular weight excluding hydrogens is 649 g/mol. The highest BCUT2D eigenvalue weighted by molar-refractivity contribution is 5.71. The summed E-state index contributed by atoms with van der Waals surface area (Å²) in [5.74, 6) is -0.873. The third kappa shape index (κ3) is 39.4. The molecule has 0 aliphatic carbocycles. The summed E-state index contributed by atoms with van der Waals surface area (Å²) in [5.41, 5.74) is 0. The van der Waals surface area contributed by atoms with E-state index in [2.05, 4.69) is 32.9 Å². The minimum atomic E-state index is -0.763. The summed E-state index contributed by atoms with van der Waals surface area (Å²) in [6.45, 7) is 6.53. The van der Waals surface area contributed by atoms with E-state index in [1.807, 2.05) is 0 Å². The first-order valence-electron chi connectivity index (χ1n) is 22.7. The van der Waals surface area contributed by atoms with Crippen LogP contribution in [0.25, 0.3) is 0 Å². The van der Waals surface area contributed by atoms with Crippen molar-refractivity contribution < 1.29 is 28.6 Å². The predicted molar refractivity (Wildman–Crippen MR) is 220 cm³/mol. The summed E-state index contributed by atoms with van der Waals surface area (Å²) in [5, 5.41) is 0. The Morgan fingerprint density at radius 1 is 0.385 bits per heavy atom. The van der Waals surface area contributed by atoms with Crippen molar-refractivity contribution in [2.24, 2.45) is 0 Å². The molecule has 0 rings (SSSR count). The number of carbonyl (C=O) groups is 3. The Morgan fingerprint density at radius 3 is 1.04 bits per heavy atom. The third-order valence-corrected chi connectivity index (χ3v) is 10.0. The molecule has 306 valence electrons. The van der Waals surface area contributed by atoms with Crippen molar-refractivity contribution in [3.63, 3.8) is 0 Å². The van der Waals surface area contributed by atoms with Crippen LogP contribution in [0.1, 0.15) is 245 Å². The van der Waals surface area contributed by atoms with E-state index < -0.39 is 6.10 Å². The molecule has 6 heteroatoms. The van der Waals surface area contributed by atoms with E-state index in [1.165, 1.54) is 135 Å². The Hall–Kier alpha value is -1.85. The predicted octanol–water partition coefficient (Wildman–Crippen LogP) is 14.3. The molecule has 0 aromatic rings. The summed E-state index contributed by atoms with van der Waals surface area (Å²) in [7, 11) is 0. The quantitative estimate of drug-likeness (QED) is 0.0269. The third-order valence-electron chi connectivity index (χ3n) is 10.0. The lowest BCUT2D eigenvalue weighted by Gasteiger charge is -2.18. The maximum atomic E-state index is 12.7. The molecule has 0 aromatic heterocycles. The van der Waals surface area contributed by atoms with Crippen LogP contribution < -0.4 is 0 Å². The van der Waals surface area contributed by atoms with Crippen LogP contribution >= 0.6 is 0 Å². The second-order valence-electron chi connectivity index (χ2n) is 15.3. The highest BCUT2D eigenvalue weighted by Gasteiger charge is 2.19. The molecule has 52 heavy (non-hydrogen) atoms. The number of hydrogen-bond acceptors (Lipinski definition) is 6. The monoisotopic (exact) mass is 735 g/mol. The van der Waals surface area contributed by atoms with Crippen LogP contribution in [0.3, 0.4) is 0 Å². The first-order chi connectivity index (χ1) is 25.5. The highest BCUT2D eigenvalue weighted by Crippen LogP contribution is 2.15. The zero-order chi connectivity index (χ0) is 38.0. The van der Waals surface area contributed by atoms with Gasteiger partial charge in [0, 0.05) is 19.3 Å². The molecule has 0 N–H and O–H groups in total. The molecule has 1 atom stereocenters. The summed E-state index contributed by atoms with van der Waals surface area (Å²) in [6.07, 6.45) is 43.4. The fourth-order valence-electron chi connectivity index (χ4n) is 6.62. The standard InChI is InChI=1S/C46H86O6/c1-4-7-10-13-16-19-21-23-25-28-31-34-37-40-46(49)52-43(41-50-44(47)38-35-32-29-26-18-15-12-9-6-3)42-51-45(48)39-36-33-30-27-24-22-20-17-14-11-8-5-2/h9,12,43H,4-8,10-11,13-42H2,1-3H3. The van der Waals surface area contributed by atoms with Crippen LogP contribution in [-0.4, -0.2) is 37.2 Å². The van der Waals surface area contributed by atoms with Gasteiger partial charge in [-0.1, -0.05) is 200 Å². The lowest BCUT2D eigenvalue weighted by molar-refractivity contribution is -0.167. The fourth-order valence-corrected chi connectivity index (χ4v) is 6.62. The van der Waals surface area contributed by atoms with Gasteiger partial charge in [-0.15, -0.1) is 0 Å². The highest BCUT2D eigenvalue weighted by atomic mass is 16.6. The molecule has 0 amide bonds. The molecule has 0 radical (unpaired) electrons. The van der Waals surface area contributed by atoms with E-state index in [4.69, 9.17) is 14.2 Å². The fraction of sp³-hybridized carbons (Fsp3) is 0.891. The second kappa shape index (κ2) is 41.9. The number of hydrogen-bond donors (Lipinski definition) is 0. The second-order valence-corrected chi connectivity index (χ2v) is 15.3. The van der Waals surface area contributed by atoms with Gasteiger partial charge in [-0.3, -0.25) is 14.4 Å². The lowest BCUT2D eigenvalue weighted by Crippen LogP contribution is -2.30. The topological polar surface area (TPSA) is 78.9 Å². The molecule has 0 aromatic carbocycles.